The first-order chi connectivity index (χ1) is 13.5. The Hall–Kier alpha value is -1.41. The molecule has 4 rings (SSSR count). The summed E-state index contributed by atoms with van der Waals surface area (Å²) in [5.41, 5.74) is -2.01. The predicted octanol–water partition coefficient (Wildman–Crippen LogP) is 2.55. The van der Waals surface area contributed by atoms with E-state index in [0.717, 1.165) is 5.56 Å². The average Bonchev–Trinajstić information content (AvgIpc) is 3.27. The van der Waals surface area contributed by atoms with Gasteiger partial charge < -0.3 is 29.2 Å². The van der Waals surface area contributed by atoms with Crippen molar-refractivity contribution >= 4 is 5.97 Å². The summed E-state index contributed by atoms with van der Waals surface area (Å²) >= 11 is 0. The molecule has 29 heavy (non-hydrogen) atoms. The Morgan fingerprint density at radius 2 is 1.97 bits per heavy atom. The van der Waals surface area contributed by atoms with E-state index < -0.39 is 40.9 Å². The van der Waals surface area contributed by atoms with Crippen LogP contribution in [-0.2, 0) is 14.3 Å². The summed E-state index contributed by atoms with van der Waals surface area (Å²) in [5.74, 6) is -0.681. The summed E-state index contributed by atoms with van der Waals surface area (Å²) in [7, 11) is 0. The number of ether oxygens (including phenoxy) is 2. The highest BCUT2D eigenvalue weighted by molar-refractivity contribution is 5.66. The molecule has 7 nitrogen and oxygen atoms in total. The van der Waals surface area contributed by atoms with Crippen LogP contribution in [0.2, 0.25) is 0 Å². The molecule has 0 bridgehead atoms. The van der Waals surface area contributed by atoms with Crippen molar-refractivity contribution in [2.75, 3.05) is 0 Å². The van der Waals surface area contributed by atoms with Crippen LogP contribution in [0.25, 0.3) is 0 Å². The van der Waals surface area contributed by atoms with E-state index in [2.05, 4.69) is 0 Å². The molecule has 2 saturated carbocycles. The first-order valence-electron chi connectivity index (χ1n) is 10.5. The summed E-state index contributed by atoms with van der Waals surface area (Å²) in [6.07, 6.45) is 2.46. The third-order valence-corrected chi connectivity index (χ3v) is 8.51. The molecule has 3 fully saturated rings. The molecule has 9 atom stereocenters. The van der Waals surface area contributed by atoms with Crippen molar-refractivity contribution in [2.24, 2.45) is 22.7 Å². The highest BCUT2D eigenvalue weighted by atomic mass is 16.6. The van der Waals surface area contributed by atoms with Crippen LogP contribution in [0.15, 0.2) is 23.0 Å². The van der Waals surface area contributed by atoms with Gasteiger partial charge in [0.2, 0.25) is 0 Å². The number of aliphatic hydroxyl groups excluding tert-OH is 2. The molecule has 7 heteroatoms. The lowest BCUT2D eigenvalue weighted by molar-refractivity contribution is -0.287. The molecule has 2 aliphatic carbocycles. The molecule has 1 saturated heterocycles. The number of hydrogen-bond donors (Lipinski definition) is 3. The molecule has 0 amide bonds. The third-order valence-electron chi connectivity index (χ3n) is 8.51. The van der Waals surface area contributed by atoms with Crippen LogP contribution in [-0.4, -0.2) is 45.4 Å². The van der Waals surface area contributed by atoms with Crippen LogP contribution in [0.1, 0.15) is 65.0 Å². The molecule has 1 aliphatic heterocycles. The van der Waals surface area contributed by atoms with Crippen molar-refractivity contribution in [3.05, 3.63) is 24.2 Å². The average molecular weight is 408 g/mol. The van der Waals surface area contributed by atoms with Gasteiger partial charge in [0.15, 0.2) is 6.29 Å². The van der Waals surface area contributed by atoms with Gasteiger partial charge in [-0.1, -0.05) is 13.8 Å². The fourth-order valence-corrected chi connectivity index (χ4v) is 6.62. The topological polar surface area (TPSA) is 109 Å². The van der Waals surface area contributed by atoms with Gasteiger partial charge in [-0.2, -0.15) is 0 Å². The number of carbonyl (C=O) groups excluding carboxylic acids is 1. The van der Waals surface area contributed by atoms with Gasteiger partial charge in [0.05, 0.1) is 30.3 Å². The maximum absolute atomic E-state index is 11.8. The minimum Gasteiger partial charge on any atom is -0.472 e. The predicted molar refractivity (Wildman–Crippen MR) is 102 cm³/mol. The molecule has 3 N–H and O–H groups in total. The number of carbonyl (C=O) groups is 1. The molecular formula is C22H32O7. The van der Waals surface area contributed by atoms with Gasteiger partial charge >= 0.3 is 5.97 Å². The highest BCUT2D eigenvalue weighted by Gasteiger charge is 2.71. The molecule has 0 unspecified atom stereocenters. The number of fused-ring (bicyclic) bond motifs is 2. The first kappa shape index (κ1) is 20.8. The Labute approximate surface area is 171 Å². The fraction of sp³-hybridized carbons (Fsp3) is 0.773. The van der Waals surface area contributed by atoms with E-state index in [9.17, 15) is 20.1 Å². The van der Waals surface area contributed by atoms with Gasteiger partial charge in [-0.15, -0.1) is 0 Å². The van der Waals surface area contributed by atoms with Gasteiger partial charge in [-0.05, 0) is 44.6 Å². The maximum Gasteiger partial charge on any atom is 0.302 e. The van der Waals surface area contributed by atoms with E-state index in [1.54, 1.807) is 19.5 Å². The molecule has 1 spiro atoms. The van der Waals surface area contributed by atoms with Crippen LogP contribution in [0, 0.1) is 22.7 Å². The van der Waals surface area contributed by atoms with Crippen LogP contribution < -0.4 is 0 Å². The molecular weight excluding hydrogens is 376 g/mol. The van der Waals surface area contributed by atoms with Crippen molar-refractivity contribution in [2.45, 2.75) is 83.6 Å². The number of aliphatic hydroxyl groups is 3. The Balaban J connectivity index is 1.81. The second-order valence-electron chi connectivity index (χ2n) is 9.70. The fourth-order valence-electron chi connectivity index (χ4n) is 6.62. The largest absolute Gasteiger partial charge is 0.472 e. The lowest BCUT2D eigenvalue weighted by Crippen LogP contribution is -2.69. The van der Waals surface area contributed by atoms with Crippen molar-refractivity contribution in [3.63, 3.8) is 0 Å². The Kier molecular flexibility index (Phi) is 4.89. The van der Waals surface area contributed by atoms with E-state index in [1.807, 2.05) is 19.9 Å². The van der Waals surface area contributed by atoms with E-state index in [0.29, 0.717) is 25.7 Å². The van der Waals surface area contributed by atoms with E-state index in [-0.39, 0.29) is 17.9 Å². The first-order valence-corrected chi connectivity index (χ1v) is 10.5. The summed E-state index contributed by atoms with van der Waals surface area (Å²) in [4.78, 5) is 11.8. The zero-order chi connectivity index (χ0) is 21.2. The van der Waals surface area contributed by atoms with Gasteiger partial charge in [0, 0.05) is 29.2 Å². The zero-order valence-electron chi connectivity index (χ0n) is 17.5. The standard InChI is InChI=1S/C22H32O7/c1-12-15(28-13(2)23)9-20(3)17(5-6-18(24)21(20,4)26)22(12)10-16(29-19(22)25)14-7-8-27-11-14/h7-8,11-12,15-19,24-26H,5-6,9-10H2,1-4H3/t12-,15-,16-,17+,18-,19+,20-,21+,22-/m1/s1. The van der Waals surface area contributed by atoms with Crippen LogP contribution in [0.5, 0.6) is 0 Å². The van der Waals surface area contributed by atoms with Gasteiger partial charge in [-0.25, -0.2) is 0 Å². The second kappa shape index (κ2) is 6.80. The zero-order valence-corrected chi connectivity index (χ0v) is 17.5. The van der Waals surface area contributed by atoms with E-state index in [1.165, 1.54) is 6.92 Å². The summed E-state index contributed by atoms with van der Waals surface area (Å²) < 4.78 is 16.9. The van der Waals surface area contributed by atoms with Crippen LogP contribution in [0.4, 0.5) is 0 Å². The number of furan rings is 1. The molecule has 162 valence electrons. The van der Waals surface area contributed by atoms with Crippen molar-refractivity contribution in [3.8, 4) is 0 Å². The molecule has 3 aliphatic rings. The Morgan fingerprint density at radius 1 is 1.24 bits per heavy atom. The van der Waals surface area contributed by atoms with Gasteiger partial charge in [0.1, 0.15) is 6.10 Å². The van der Waals surface area contributed by atoms with Crippen LogP contribution >= 0.6 is 0 Å². The summed E-state index contributed by atoms with van der Waals surface area (Å²) in [6, 6.07) is 1.83. The summed E-state index contributed by atoms with van der Waals surface area (Å²) in [6.45, 7) is 6.98. The van der Waals surface area contributed by atoms with Crippen LogP contribution in [0.3, 0.4) is 0 Å². The van der Waals surface area contributed by atoms with Crippen molar-refractivity contribution < 1.29 is 34.0 Å². The molecule has 1 aromatic rings. The number of hydrogen-bond acceptors (Lipinski definition) is 7. The molecule has 0 radical (unpaired) electrons. The molecule has 2 heterocycles. The molecule has 1 aromatic heterocycles. The lowest BCUT2D eigenvalue weighted by atomic mass is 9.42. The lowest BCUT2D eigenvalue weighted by Gasteiger charge is -2.65. The quantitative estimate of drug-likeness (QED) is 0.645. The highest BCUT2D eigenvalue weighted by Crippen LogP contribution is 2.68. The normalized spacial score (nSPS) is 49.8. The van der Waals surface area contributed by atoms with E-state index in [4.69, 9.17) is 13.9 Å². The van der Waals surface area contributed by atoms with Gasteiger partial charge in [0.25, 0.3) is 0 Å². The SMILES string of the molecule is CC(=O)O[C@@H]1C[C@]2(C)[C@H](CC[C@@H](O)[C@]2(C)O)[C@@]2(C[C@H](c3ccoc3)O[C@@H]2O)[C@@H]1C. The molecule has 0 aromatic carbocycles. The Morgan fingerprint density at radius 3 is 2.59 bits per heavy atom. The van der Waals surface area contributed by atoms with E-state index >= 15 is 0 Å². The smallest absolute Gasteiger partial charge is 0.302 e. The second-order valence-corrected chi connectivity index (χ2v) is 9.70. The summed E-state index contributed by atoms with van der Waals surface area (Å²) in [5, 5.41) is 33.2. The Bertz CT molecular complexity index is 759. The van der Waals surface area contributed by atoms with Gasteiger partial charge in [-0.3, -0.25) is 4.79 Å². The third kappa shape index (κ3) is 2.81. The van der Waals surface area contributed by atoms with Crippen molar-refractivity contribution in [1.82, 2.24) is 0 Å². The minimum atomic E-state index is -1.38. The van der Waals surface area contributed by atoms with Crippen molar-refractivity contribution in [1.29, 1.82) is 0 Å². The number of esters is 1. The minimum absolute atomic E-state index is 0.109. The number of rotatable bonds is 2. The maximum atomic E-state index is 11.8. The monoisotopic (exact) mass is 408 g/mol.